The van der Waals surface area contributed by atoms with Crippen LogP contribution in [-0.2, 0) is 16.0 Å². The third-order valence-electron chi connectivity index (χ3n) is 4.17. The van der Waals surface area contributed by atoms with Crippen LogP contribution in [0.2, 0.25) is 10.0 Å². The second kappa shape index (κ2) is 7.43. The molecule has 0 saturated heterocycles. The lowest BCUT2D eigenvalue weighted by Gasteiger charge is -2.15. The summed E-state index contributed by atoms with van der Waals surface area (Å²) in [6.45, 7) is 0. The summed E-state index contributed by atoms with van der Waals surface area (Å²) in [4.78, 5) is 0.124. The van der Waals surface area contributed by atoms with Gasteiger partial charge in [0.25, 0.3) is 0 Å². The Morgan fingerprint density at radius 1 is 0.750 bits per heavy atom. The first-order chi connectivity index (χ1) is 13.0. The van der Waals surface area contributed by atoms with E-state index in [1.54, 1.807) is 18.2 Å². The van der Waals surface area contributed by atoms with Crippen molar-refractivity contribution in [2.24, 2.45) is 0 Å². The molecule has 0 bridgehead atoms. The normalized spacial score (nSPS) is 12.2. The van der Waals surface area contributed by atoms with E-state index in [9.17, 15) is 21.6 Å². The standard InChI is InChI=1S/C20H13Cl2F3O2S/c1-28(26,27)15-6-2-12(3-7-15)16-8-5-14(20(23,24)25)11-17(16)13-4-9-18(21)19(22)10-13/h2-11H,1H3. The summed E-state index contributed by atoms with van der Waals surface area (Å²) in [5, 5.41) is 0.506. The Labute approximate surface area is 170 Å². The van der Waals surface area contributed by atoms with Crippen LogP contribution >= 0.6 is 23.2 Å². The highest BCUT2D eigenvalue weighted by Gasteiger charge is 2.31. The van der Waals surface area contributed by atoms with Crippen molar-refractivity contribution in [3.05, 3.63) is 76.3 Å². The maximum atomic E-state index is 13.2. The first-order valence-corrected chi connectivity index (χ1v) is 10.6. The number of halogens is 5. The molecule has 8 heteroatoms. The fourth-order valence-electron chi connectivity index (χ4n) is 2.76. The fraction of sp³-hybridized carbons (Fsp3) is 0.100. The Bertz CT molecular complexity index is 1140. The summed E-state index contributed by atoms with van der Waals surface area (Å²) in [7, 11) is -3.38. The van der Waals surface area contributed by atoms with Gasteiger partial charge in [-0.15, -0.1) is 0 Å². The Morgan fingerprint density at radius 2 is 1.36 bits per heavy atom. The van der Waals surface area contributed by atoms with Crippen LogP contribution in [0.25, 0.3) is 22.3 Å². The highest BCUT2D eigenvalue weighted by atomic mass is 35.5. The SMILES string of the molecule is CS(=O)(=O)c1ccc(-c2ccc(C(F)(F)F)cc2-c2ccc(Cl)c(Cl)c2)cc1. The Morgan fingerprint density at radius 3 is 1.89 bits per heavy atom. The van der Waals surface area contributed by atoms with E-state index in [1.165, 1.54) is 30.3 Å². The lowest BCUT2D eigenvalue weighted by Crippen LogP contribution is -2.05. The van der Waals surface area contributed by atoms with E-state index in [-0.39, 0.29) is 14.9 Å². The maximum Gasteiger partial charge on any atom is 0.416 e. The number of hydrogen-bond donors (Lipinski definition) is 0. The molecular formula is C20H13Cl2F3O2S. The number of hydrogen-bond acceptors (Lipinski definition) is 2. The van der Waals surface area contributed by atoms with Crippen molar-refractivity contribution in [3.63, 3.8) is 0 Å². The van der Waals surface area contributed by atoms with E-state index in [0.29, 0.717) is 22.3 Å². The summed E-state index contributed by atoms with van der Waals surface area (Å²) in [5.41, 5.74) is 1.04. The quantitative estimate of drug-likeness (QED) is 0.447. The second-order valence-electron chi connectivity index (χ2n) is 6.18. The van der Waals surface area contributed by atoms with E-state index in [0.717, 1.165) is 18.4 Å². The van der Waals surface area contributed by atoms with E-state index in [4.69, 9.17) is 23.2 Å². The van der Waals surface area contributed by atoms with Crippen LogP contribution in [-0.4, -0.2) is 14.7 Å². The van der Waals surface area contributed by atoms with Gasteiger partial charge in [-0.05, 0) is 58.7 Å². The number of rotatable bonds is 3. The van der Waals surface area contributed by atoms with Crippen molar-refractivity contribution < 1.29 is 21.6 Å². The smallest absolute Gasteiger partial charge is 0.224 e. The van der Waals surface area contributed by atoms with Gasteiger partial charge in [0.15, 0.2) is 9.84 Å². The molecule has 0 aliphatic rings. The Balaban J connectivity index is 2.21. The van der Waals surface area contributed by atoms with Gasteiger partial charge in [0, 0.05) is 6.26 Å². The minimum Gasteiger partial charge on any atom is -0.224 e. The molecule has 3 aromatic carbocycles. The summed E-state index contributed by atoms with van der Waals surface area (Å²) in [6, 6.07) is 13.9. The zero-order valence-corrected chi connectivity index (χ0v) is 16.7. The minimum atomic E-state index is -4.51. The monoisotopic (exact) mass is 444 g/mol. The van der Waals surface area contributed by atoms with E-state index in [1.807, 2.05) is 0 Å². The molecule has 0 atom stereocenters. The van der Waals surface area contributed by atoms with Crippen LogP contribution in [0, 0.1) is 0 Å². The zero-order chi connectivity index (χ0) is 20.7. The van der Waals surface area contributed by atoms with Gasteiger partial charge in [0.1, 0.15) is 0 Å². The number of sulfone groups is 1. The van der Waals surface area contributed by atoms with Crippen molar-refractivity contribution in [1.82, 2.24) is 0 Å². The van der Waals surface area contributed by atoms with Crippen LogP contribution in [0.15, 0.2) is 65.6 Å². The molecule has 0 spiro atoms. The minimum absolute atomic E-state index is 0.124. The largest absolute Gasteiger partial charge is 0.416 e. The second-order valence-corrected chi connectivity index (χ2v) is 9.01. The molecule has 0 unspecified atom stereocenters. The zero-order valence-electron chi connectivity index (χ0n) is 14.4. The molecule has 0 fully saturated rings. The molecule has 0 saturated carbocycles. The number of benzene rings is 3. The predicted molar refractivity (Wildman–Crippen MR) is 105 cm³/mol. The van der Waals surface area contributed by atoms with Gasteiger partial charge >= 0.3 is 6.18 Å². The topological polar surface area (TPSA) is 34.1 Å². The van der Waals surface area contributed by atoms with E-state index < -0.39 is 21.6 Å². The molecule has 0 amide bonds. The molecule has 0 aliphatic carbocycles. The summed E-state index contributed by atoms with van der Waals surface area (Å²) in [6.07, 6.45) is -3.43. The molecule has 3 rings (SSSR count). The predicted octanol–water partition coefficient (Wildman–Crippen LogP) is 6.75. The third kappa shape index (κ3) is 4.35. The highest BCUT2D eigenvalue weighted by Crippen LogP contribution is 2.39. The van der Waals surface area contributed by atoms with E-state index in [2.05, 4.69) is 0 Å². The molecule has 0 aliphatic heterocycles. The van der Waals surface area contributed by atoms with Gasteiger partial charge in [-0.1, -0.05) is 47.5 Å². The molecule has 3 aromatic rings. The molecule has 146 valence electrons. The van der Waals surface area contributed by atoms with Crippen LogP contribution in [0.3, 0.4) is 0 Å². The lowest BCUT2D eigenvalue weighted by atomic mass is 9.92. The van der Waals surface area contributed by atoms with Crippen molar-refractivity contribution in [2.75, 3.05) is 6.26 Å². The van der Waals surface area contributed by atoms with Gasteiger partial charge in [-0.25, -0.2) is 8.42 Å². The van der Waals surface area contributed by atoms with Crippen LogP contribution in [0.4, 0.5) is 13.2 Å². The summed E-state index contributed by atoms with van der Waals surface area (Å²) < 4.78 is 63.0. The molecule has 0 N–H and O–H groups in total. The van der Waals surface area contributed by atoms with Gasteiger partial charge in [0.2, 0.25) is 0 Å². The summed E-state index contributed by atoms with van der Waals surface area (Å²) >= 11 is 12.0. The number of alkyl halides is 3. The molecule has 2 nitrogen and oxygen atoms in total. The molecule has 0 heterocycles. The molecule has 0 radical (unpaired) electrons. The van der Waals surface area contributed by atoms with Crippen molar-refractivity contribution in [2.45, 2.75) is 11.1 Å². The Hall–Kier alpha value is -2.02. The van der Waals surface area contributed by atoms with Gasteiger partial charge in [-0.3, -0.25) is 0 Å². The lowest BCUT2D eigenvalue weighted by molar-refractivity contribution is -0.137. The molecule has 0 aromatic heterocycles. The van der Waals surface area contributed by atoms with Crippen molar-refractivity contribution >= 4 is 33.0 Å². The molecular weight excluding hydrogens is 432 g/mol. The van der Waals surface area contributed by atoms with Crippen LogP contribution in [0.5, 0.6) is 0 Å². The van der Waals surface area contributed by atoms with Gasteiger partial charge in [0.05, 0.1) is 20.5 Å². The fourth-order valence-corrected chi connectivity index (χ4v) is 3.69. The first-order valence-electron chi connectivity index (χ1n) is 7.94. The van der Waals surface area contributed by atoms with Gasteiger partial charge in [-0.2, -0.15) is 13.2 Å². The van der Waals surface area contributed by atoms with Crippen LogP contribution in [0.1, 0.15) is 5.56 Å². The summed E-state index contributed by atoms with van der Waals surface area (Å²) in [5.74, 6) is 0. The third-order valence-corrected chi connectivity index (χ3v) is 6.04. The average molecular weight is 445 g/mol. The van der Waals surface area contributed by atoms with Gasteiger partial charge < -0.3 is 0 Å². The molecule has 28 heavy (non-hydrogen) atoms. The average Bonchev–Trinajstić information content (AvgIpc) is 2.62. The van der Waals surface area contributed by atoms with Crippen molar-refractivity contribution in [1.29, 1.82) is 0 Å². The van der Waals surface area contributed by atoms with E-state index >= 15 is 0 Å². The Kier molecular flexibility index (Phi) is 5.49. The first kappa shape index (κ1) is 20.7. The maximum absolute atomic E-state index is 13.2. The van der Waals surface area contributed by atoms with Crippen molar-refractivity contribution in [3.8, 4) is 22.3 Å². The van der Waals surface area contributed by atoms with Crippen LogP contribution < -0.4 is 0 Å². The highest BCUT2D eigenvalue weighted by molar-refractivity contribution is 7.90.